The minimum Gasteiger partial charge on any atom is -0.496 e. The molecule has 1 rings (SSSR count). The average molecular weight is 265 g/mol. The largest absolute Gasteiger partial charge is 0.496 e. The molecule has 0 aromatic heterocycles. The lowest BCUT2D eigenvalue weighted by Crippen LogP contribution is -2.27. The lowest BCUT2D eigenvalue weighted by molar-refractivity contribution is -0.143. The maximum Gasteiger partial charge on any atom is 0.306 e. The summed E-state index contributed by atoms with van der Waals surface area (Å²) in [6.45, 7) is 3.79. The number of carbonyl (C=O) groups excluding carboxylic acids is 1. The van der Waals surface area contributed by atoms with Crippen LogP contribution >= 0.6 is 0 Å². The summed E-state index contributed by atoms with van der Waals surface area (Å²) in [5.41, 5.74) is 1.95. The van der Waals surface area contributed by atoms with E-state index in [9.17, 15) is 9.59 Å². The third kappa shape index (κ3) is 4.62. The van der Waals surface area contributed by atoms with Crippen LogP contribution in [0.1, 0.15) is 24.5 Å². The summed E-state index contributed by atoms with van der Waals surface area (Å²) in [7, 11) is 1.57. The van der Waals surface area contributed by atoms with Crippen LogP contribution in [0, 0.1) is 12.8 Å². The van der Waals surface area contributed by atoms with Gasteiger partial charge in [0.2, 0.25) is 5.91 Å². The van der Waals surface area contributed by atoms with Crippen molar-refractivity contribution >= 4 is 11.9 Å². The summed E-state index contributed by atoms with van der Waals surface area (Å²) in [4.78, 5) is 22.3. The van der Waals surface area contributed by atoms with Gasteiger partial charge in [-0.1, -0.05) is 24.6 Å². The Morgan fingerprint density at radius 1 is 1.42 bits per heavy atom. The number of hydrogen-bond donors (Lipinski definition) is 2. The predicted molar refractivity (Wildman–Crippen MR) is 71.0 cm³/mol. The van der Waals surface area contributed by atoms with Crippen LogP contribution in [-0.4, -0.2) is 24.1 Å². The number of carboxylic acids is 1. The standard InChI is InChI=1S/C14H19NO4/c1-9-4-5-12(19-3)11(6-9)8-15-13(16)7-10(2)14(17)18/h4-6,10H,7-8H2,1-3H3,(H,15,16)(H,17,18). The molecule has 1 atom stereocenters. The van der Waals surface area contributed by atoms with Gasteiger partial charge in [-0.2, -0.15) is 0 Å². The number of nitrogens with one attached hydrogen (secondary N) is 1. The first kappa shape index (κ1) is 15.0. The van der Waals surface area contributed by atoms with Crippen molar-refractivity contribution in [2.75, 3.05) is 7.11 Å². The molecule has 0 saturated heterocycles. The van der Waals surface area contributed by atoms with Gasteiger partial charge in [-0.3, -0.25) is 9.59 Å². The van der Waals surface area contributed by atoms with Gasteiger partial charge < -0.3 is 15.2 Å². The Balaban J connectivity index is 2.59. The molecule has 0 bridgehead atoms. The fraction of sp³-hybridized carbons (Fsp3) is 0.429. The minimum atomic E-state index is -0.969. The van der Waals surface area contributed by atoms with E-state index in [2.05, 4.69) is 5.32 Å². The first-order valence-corrected chi connectivity index (χ1v) is 6.07. The maximum atomic E-state index is 11.6. The van der Waals surface area contributed by atoms with Crippen LogP contribution in [0.2, 0.25) is 0 Å². The van der Waals surface area contributed by atoms with Gasteiger partial charge in [0, 0.05) is 18.5 Å². The minimum absolute atomic E-state index is 0.0243. The summed E-state index contributed by atoms with van der Waals surface area (Å²) >= 11 is 0. The zero-order chi connectivity index (χ0) is 14.4. The molecule has 0 aliphatic heterocycles. The van der Waals surface area contributed by atoms with Gasteiger partial charge in [0.1, 0.15) is 5.75 Å². The third-order valence-corrected chi connectivity index (χ3v) is 2.83. The molecule has 104 valence electrons. The molecule has 0 aliphatic rings. The van der Waals surface area contributed by atoms with Crippen molar-refractivity contribution in [1.29, 1.82) is 0 Å². The first-order valence-electron chi connectivity index (χ1n) is 6.07. The molecule has 1 unspecified atom stereocenters. The molecular weight excluding hydrogens is 246 g/mol. The van der Waals surface area contributed by atoms with Gasteiger partial charge in [0.05, 0.1) is 13.0 Å². The van der Waals surface area contributed by atoms with Gasteiger partial charge >= 0.3 is 5.97 Å². The Kier molecular flexibility index (Phi) is 5.36. The van der Waals surface area contributed by atoms with E-state index < -0.39 is 11.9 Å². The zero-order valence-corrected chi connectivity index (χ0v) is 11.4. The normalized spacial score (nSPS) is 11.7. The topological polar surface area (TPSA) is 75.6 Å². The fourth-order valence-corrected chi connectivity index (χ4v) is 1.68. The SMILES string of the molecule is COc1ccc(C)cc1CNC(=O)CC(C)C(=O)O. The molecule has 19 heavy (non-hydrogen) atoms. The second-order valence-corrected chi connectivity index (χ2v) is 4.54. The number of carboxylic acid groups (broad SMARTS) is 1. The summed E-state index contributed by atoms with van der Waals surface area (Å²) in [5.74, 6) is -1.22. The molecule has 1 aromatic carbocycles. The summed E-state index contributed by atoms with van der Waals surface area (Å²) in [5, 5.41) is 11.4. The first-order chi connectivity index (χ1) is 8.93. The molecule has 2 N–H and O–H groups in total. The summed E-state index contributed by atoms with van der Waals surface area (Å²) in [6, 6.07) is 5.70. The fourth-order valence-electron chi connectivity index (χ4n) is 1.68. The monoisotopic (exact) mass is 265 g/mol. The molecule has 0 fully saturated rings. The van der Waals surface area contributed by atoms with Crippen molar-refractivity contribution in [2.45, 2.75) is 26.8 Å². The van der Waals surface area contributed by atoms with Crippen LogP contribution in [0.5, 0.6) is 5.75 Å². The Morgan fingerprint density at radius 3 is 2.68 bits per heavy atom. The molecule has 0 heterocycles. The Morgan fingerprint density at radius 2 is 2.11 bits per heavy atom. The number of benzene rings is 1. The second kappa shape index (κ2) is 6.78. The van der Waals surface area contributed by atoms with E-state index in [0.717, 1.165) is 11.1 Å². The van der Waals surface area contributed by atoms with E-state index in [1.807, 2.05) is 25.1 Å². The van der Waals surface area contributed by atoms with E-state index in [-0.39, 0.29) is 12.3 Å². The number of aliphatic carboxylic acids is 1. The average Bonchev–Trinajstić information content (AvgIpc) is 2.36. The van der Waals surface area contributed by atoms with Crippen LogP contribution in [0.15, 0.2) is 18.2 Å². The molecule has 0 saturated carbocycles. The van der Waals surface area contributed by atoms with E-state index in [1.165, 1.54) is 6.92 Å². The van der Waals surface area contributed by atoms with Crippen LogP contribution in [0.4, 0.5) is 0 Å². The molecular formula is C14H19NO4. The van der Waals surface area contributed by atoms with E-state index in [0.29, 0.717) is 12.3 Å². The summed E-state index contributed by atoms with van der Waals surface area (Å²) in [6.07, 6.45) is -0.0243. The number of amides is 1. The number of methoxy groups -OCH3 is 1. The second-order valence-electron chi connectivity index (χ2n) is 4.54. The van der Waals surface area contributed by atoms with Crippen molar-refractivity contribution in [3.05, 3.63) is 29.3 Å². The van der Waals surface area contributed by atoms with Gasteiger partial charge in [0.15, 0.2) is 0 Å². The number of ether oxygens (including phenoxy) is 1. The van der Waals surface area contributed by atoms with Gasteiger partial charge in [-0.05, 0) is 13.0 Å². The highest BCUT2D eigenvalue weighted by Gasteiger charge is 2.15. The van der Waals surface area contributed by atoms with Gasteiger partial charge in [-0.15, -0.1) is 0 Å². The van der Waals surface area contributed by atoms with Crippen molar-refractivity contribution in [3.63, 3.8) is 0 Å². The van der Waals surface area contributed by atoms with E-state index in [4.69, 9.17) is 9.84 Å². The Bertz CT molecular complexity index is 471. The quantitative estimate of drug-likeness (QED) is 0.821. The smallest absolute Gasteiger partial charge is 0.306 e. The van der Waals surface area contributed by atoms with Crippen molar-refractivity contribution < 1.29 is 19.4 Å². The number of aryl methyl sites for hydroxylation is 1. The highest BCUT2D eigenvalue weighted by atomic mass is 16.5. The zero-order valence-electron chi connectivity index (χ0n) is 11.4. The lowest BCUT2D eigenvalue weighted by atomic mass is 10.1. The van der Waals surface area contributed by atoms with Crippen molar-refractivity contribution in [1.82, 2.24) is 5.32 Å². The Hall–Kier alpha value is -2.04. The van der Waals surface area contributed by atoms with Crippen molar-refractivity contribution in [2.24, 2.45) is 5.92 Å². The summed E-state index contributed by atoms with van der Waals surface area (Å²) < 4.78 is 5.21. The maximum absolute atomic E-state index is 11.6. The van der Waals surface area contributed by atoms with E-state index in [1.54, 1.807) is 7.11 Å². The number of hydrogen-bond acceptors (Lipinski definition) is 3. The molecule has 1 amide bonds. The Labute approximate surface area is 112 Å². The van der Waals surface area contributed by atoms with Crippen LogP contribution in [0.25, 0.3) is 0 Å². The van der Waals surface area contributed by atoms with Crippen LogP contribution in [0.3, 0.4) is 0 Å². The molecule has 0 radical (unpaired) electrons. The molecule has 0 aliphatic carbocycles. The molecule has 5 nitrogen and oxygen atoms in total. The third-order valence-electron chi connectivity index (χ3n) is 2.83. The lowest BCUT2D eigenvalue weighted by Gasteiger charge is -2.11. The highest BCUT2D eigenvalue weighted by Crippen LogP contribution is 2.19. The number of rotatable bonds is 6. The molecule has 5 heteroatoms. The van der Waals surface area contributed by atoms with Gasteiger partial charge in [0.25, 0.3) is 0 Å². The van der Waals surface area contributed by atoms with Gasteiger partial charge in [-0.25, -0.2) is 0 Å². The van der Waals surface area contributed by atoms with E-state index >= 15 is 0 Å². The predicted octanol–water partition coefficient (Wildman–Crippen LogP) is 1.73. The number of carbonyl (C=O) groups is 2. The van der Waals surface area contributed by atoms with Crippen LogP contribution in [-0.2, 0) is 16.1 Å². The molecule has 0 spiro atoms. The highest BCUT2D eigenvalue weighted by molar-refractivity contribution is 5.81. The molecule has 1 aromatic rings. The van der Waals surface area contributed by atoms with Crippen molar-refractivity contribution in [3.8, 4) is 5.75 Å². The van der Waals surface area contributed by atoms with Crippen LogP contribution < -0.4 is 10.1 Å².